The van der Waals surface area contributed by atoms with Crippen molar-refractivity contribution in [2.75, 3.05) is 7.11 Å². The summed E-state index contributed by atoms with van der Waals surface area (Å²) in [4.78, 5) is 11.0. The number of rotatable bonds is 2. The van der Waals surface area contributed by atoms with Gasteiger partial charge in [0, 0.05) is 18.9 Å². The molecule has 2 amide bonds. The third kappa shape index (κ3) is 1.87. The average molecular weight is 238 g/mol. The topological polar surface area (TPSA) is 50.4 Å². The van der Waals surface area contributed by atoms with Crippen LogP contribution < -0.4 is 10.6 Å². The lowest BCUT2D eigenvalue weighted by atomic mass is 9.91. The molecule has 0 radical (unpaired) electrons. The molecule has 92 valence electrons. The van der Waals surface area contributed by atoms with Gasteiger partial charge in [0.1, 0.15) is 0 Å². The van der Waals surface area contributed by atoms with Crippen molar-refractivity contribution in [2.24, 2.45) is 5.92 Å². The van der Waals surface area contributed by atoms with E-state index in [1.807, 2.05) is 0 Å². The Hall–Kier alpha value is -1.24. The van der Waals surface area contributed by atoms with Crippen molar-refractivity contribution >= 4 is 6.03 Å². The van der Waals surface area contributed by atoms with Crippen molar-refractivity contribution in [1.82, 2.24) is 10.6 Å². The van der Waals surface area contributed by atoms with Crippen molar-refractivity contribution < 1.29 is 22.7 Å². The number of hydrogen-bond acceptors (Lipinski definition) is 2. The van der Waals surface area contributed by atoms with Gasteiger partial charge < -0.3 is 10.1 Å². The summed E-state index contributed by atoms with van der Waals surface area (Å²) in [5, 5.41) is 3.97. The molecule has 1 aliphatic heterocycles. The van der Waals surface area contributed by atoms with Gasteiger partial charge in [-0.05, 0) is 5.92 Å². The van der Waals surface area contributed by atoms with Crippen LogP contribution >= 0.6 is 0 Å². The van der Waals surface area contributed by atoms with Crippen LogP contribution in [0.5, 0.6) is 0 Å². The fraction of sp³-hybridized carbons (Fsp3) is 0.667. The van der Waals surface area contributed by atoms with Gasteiger partial charge in [-0.25, -0.2) is 4.79 Å². The van der Waals surface area contributed by atoms with Crippen LogP contribution in [0.4, 0.5) is 18.0 Å². The first-order valence-electron chi connectivity index (χ1n) is 4.65. The van der Waals surface area contributed by atoms with Crippen molar-refractivity contribution in [3.8, 4) is 0 Å². The van der Waals surface area contributed by atoms with Crippen molar-refractivity contribution in [3.63, 3.8) is 0 Å². The SMILES string of the molecule is COC1(C(F)(F)F)NC(=O)NC=C1C(C)C. The molecular weight excluding hydrogens is 225 g/mol. The van der Waals surface area contributed by atoms with Gasteiger partial charge in [0.25, 0.3) is 5.72 Å². The Morgan fingerprint density at radius 2 is 2.00 bits per heavy atom. The van der Waals surface area contributed by atoms with E-state index >= 15 is 0 Å². The molecule has 1 aliphatic rings. The second kappa shape index (κ2) is 3.97. The van der Waals surface area contributed by atoms with Crippen LogP contribution in [0.15, 0.2) is 11.8 Å². The molecule has 0 aliphatic carbocycles. The first-order chi connectivity index (χ1) is 7.24. The molecule has 0 saturated carbocycles. The highest BCUT2D eigenvalue weighted by atomic mass is 19.4. The number of ether oxygens (including phenoxy) is 1. The molecule has 16 heavy (non-hydrogen) atoms. The summed E-state index contributed by atoms with van der Waals surface area (Å²) in [5.74, 6) is -0.422. The molecule has 0 saturated heterocycles. The summed E-state index contributed by atoms with van der Waals surface area (Å²) >= 11 is 0. The molecule has 1 atom stereocenters. The second-order valence-electron chi connectivity index (χ2n) is 3.74. The highest BCUT2D eigenvalue weighted by Gasteiger charge is 2.61. The van der Waals surface area contributed by atoms with Crippen molar-refractivity contribution in [1.29, 1.82) is 0 Å². The van der Waals surface area contributed by atoms with E-state index < -0.39 is 23.9 Å². The number of methoxy groups -OCH3 is 1. The average Bonchev–Trinajstić information content (AvgIpc) is 2.14. The number of nitrogens with one attached hydrogen (secondary N) is 2. The van der Waals surface area contributed by atoms with Gasteiger partial charge in [-0.15, -0.1) is 0 Å². The van der Waals surface area contributed by atoms with Gasteiger partial charge in [0.2, 0.25) is 0 Å². The first-order valence-corrected chi connectivity index (χ1v) is 4.65. The zero-order valence-corrected chi connectivity index (χ0v) is 9.11. The summed E-state index contributed by atoms with van der Waals surface area (Å²) in [6.45, 7) is 3.18. The summed E-state index contributed by atoms with van der Waals surface area (Å²) < 4.78 is 43.4. The lowest BCUT2D eigenvalue weighted by Crippen LogP contribution is -2.66. The monoisotopic (exact) mass is 238 g/mol. The predicted molar refractivity (Wildman–Crippen MR) is 50.4 cm³/mol. The van der Waals surface area contributed by atoms with Crippen LogP contribution in [0, 0.1) is 5.92 Å². The Labute approximate surface area is 90.8 Å². The van der Waals surface area contributed by atoms with E-state index in [1.165, 1.54) is 0 Å². The van der Waals surface area contributed by atoms with Crippen LogP contribution in [-0.4, -0.2) is 25.0 Å². The quantitative estimate of drug-likeness (QED) is 0.770. The Morgan fingerprint density at radius 1 is 1.44 bits per heavy atom. The fourth-order valence-electron chi connectivity index (χ4n) is 1.61. The molecule has 0 aromatic heterocycles. The van der Waals surface area contributed by atoms with Gasteiger partial charge in [-0.3, -0.25) is 5.32 Å². The molecule has 4 nitrogen and oxygen atoms in total. The summed E-state index contributed by atoms with van der Waals surface area (Å²) in [5.41, 5.74) is -2.80. The summed E-state index contributed by atoms with van der Waals surface area (Å²) in [7, 11) is 0.912. The molecule has 1 unspecified atom stereocenters. The van der Waals surface area contributed by atoms with Crippen molar-refractivity contribution in [3.05, 3.63) is 11.8 Å². The lowest BCUT2D eigenvalue weighted by molar-refractivity contribution is -0.264. The van der Waals surface area contributed by atoms with Crippen molar-refractivity contribution in [2.45, 2.75) is 25.7 Å². The third-order valence-corrected chi connectivity index (χ3v) is 2.38. The van der Waals surface area contributed by atoms with Crippen LogP contribution in [0.1, 0.15) is 13.8 Å². The van der Waals surface area contributed by atoms with Crippen LogP contribution in [-0.2, 0) is 4.74 Å². The Morgan fingerprint density at radius 3 is 2.38 bits per heavy atom. The lowest BCUT2D eigenvalue weighted by Gasteiger charge is -2.40. The van der Waals surface area contributed by atoms with E-state index in [0.29, 0.717) is 0 Å². The van der Waals surface area contributed by atoms with E-state index in [-0.39, 0.29) is 5.57 Å². The Kier molecular flexibility index (Phi) is 3.18. The van der Waals surface area contributed by atoms with Gasteiger partial charge in [0.05, 0.1) is 0 Å². The minimum Gasteiger partial charge on any atom is -0.347 e. The van der Waals surface area contributed by atoms with E-state index in [0.717, 1.165) is 13.3 Å². The maximum Gasteiger partial charge on any atom is 0.441 e. The Bertz CT molecular complexity index is 325. The number of urea groups is 1. The molecule has 7 heteroatoms. The molecule has 0 fully saturated rings. The van der Waals surface area contributed by atoms with Crippen LogP contribution in [0.2, 0.25) is 0 Å². The first kappa shape index (κ1) is 12.8. The molecule has 0 bridgehead atoms. The predicted octanol–water partition coefficient (Wildman–Crippen LogP) is 1.74. The van der Waals surface area contributed by atoms with E-state index in [4.69, 9.17) is 0 Å². The minimum atomic E-state index is -4.71. The number of carbonyl (C=O) groups is 1. The van der Waals surface area contributed by atoms with Gasteiger partial charge in [0.15, 0.2) is 0 Å². The number of carbonyl (C=O) groups excluding carboxylic acids is 1. The Balaban J connectivity index is 3.28. The minimum absolute atomic E-state index is 0.0675. The molecule has 0 aromatic rings. The highest BCUT2D eigenvalue weighted by Crippen LogP contribution is 2.40. The van der Waals surface area contributed by atoms with E-state index in [2.05, 4.69) is 10.1 Å². The highest BCUT2D eigenvalue weighted by molar-refractivity contribution is 5.78. The maximum atomic E-state index is 13.0. The number of alkyl halides is 3. The third-order valence-electron chi connectivity index (χ3n) is 2.38. The van der Waals surface area contributed by atoms with Gasteiger partial charge >= 0.3 is 12.2 Å². The molecule has 1 heterocycles. The molecule has 0 aromatic carbocycles. The molecular formula is C9H13F3N2O2. The zero-order valence-electron chi connectivity index (χ0n) is 9.11. The largest absolute Gasteiger partial charge is 0.441 e. The van der Waals surface area contributed by atoms with Gasteiger partial charge in [-0.1, -0.05) is 13.8 Å². The standard InChI is InChI=1S/C9H13F3N2O2/c1-5(2)6-4-13-7(15)14-8(6,16-3)9(10,11)12/h4-5H,1-3H3,(H2,13,14,15). The van der Waals surface area contributed by atoms with E-state index in [9.17, 15) is 18.0 Å². The normalized spacial score (nSPS) is 26.2. The van der Waals surface area contributed by atoms with Crippen LogP contribution in [0.25, 0.3) is 0 Å². The summed E-state index contributed by atoms with van der Waals surface area (Å²) in [6, 6.07) is -0.941. The number of hydrogen-bond donors (Lipinski definition) is 2. The number of amides is 2. The zero-order chi connectivity index (χ0) is 12.6. The van der Waals surface area contributed by atoms with Gasteiger partial charge in [-0.2, -0.15) is 13.2 Å². The van der Waals surface area contributed by atoms with E-state index in [1.54, 1.807) is 19.2 Å². The molecule has 0 spiro atoms. The maximum absolute atomic E-state index is 13.0. The summed E-state index contributed by atoms with van der Waals surface area (Å²) in [6.07, 6.45) is -3.67. The van der Waals surface area contributed by atoms with Crippen LogP contribution in [0.3, 0.4) is 0 Å². The molecule has 2 N–H and O–H groups in total. The number of halogens is 3. The smallest absolute Gasteiger partial charge is 0.347 e. The second-order valence-corrected chi connectivity index (χ2v) is 3.74. The fourth-order valence-corrected chi connectivity index (χ4v) is 1.61. The molecule has 1 rings (SSSR count).